The van der Waals surface area contributed by atoms with Crippen molar-refractivity contribution < 1.29 is 0 Å². The van der Waals surface area contributed by atoms with Gasteiger partial charge in [-0.15, -0.1) is 0 Å². The van der Waals surface area contributed by atoms with Crippen molar-refractivity contribution in [3.8, 4) is 0 Å². The Hall–Kier alpha value is -1.32. The highest BCUT2D eigenvalue weighted by atomic mass is 15.1. The van der Waals surface area contributed by atoms with Gasteiger partial charge in [0, 0.05) is 25.1 Å². The Labute approximate surface area is 114 Å². The Bertz CT molecular complexity index is 463. The summed E-state index contributed by atoms with van der Waals surface area (Å²) >= 11 is 0. The lowest BCUT2D eigenvalue weighted by Gasteiger charge is -2.19. The molecule has 19 heavy (non-hydrogen) atoms. The molecule has 0 aliphatic heterocycles. The van der Waals surface area contributed by atoms with Crippen molar-refractivity contribution >= 4 is 11.6 Å². The zero-order valence-electron chi connectivity index (χ0n) is 11.5. The summed E-state index contributed by atoms with van der Waals surface area (Å²) in [6.45, 7) is 0. The van der Waals surface area contributed by atoms with Gasteiger partial charge in [-0.2, -0.15) is 0 Å². The molecule has 1 heterocycles. The quantitative estimate of drug-likeness (QED) is 0.823. The summed E-state index contributed by atoms with van der Waals surface area (Å²) in [4.78, 5) is 9.32. The summed E-state index contributed by atoms with van der Waals surface area (Å²) in [7, 11) is 1.93. The maximum Gasteiger partial charge on any atom is 0.136 e. The first-order chi connectivity index (χ1) is 9.33. The Morgan fingerprint density at radius 2 is 1.63 bits per heavy atom. The van der Waals surface area contributed by atoms with Gasteiger partial charge in [0.05, 0.1) is 0 Å². The molecule has 0 spiro atoms. The average Bonchev–Trinajstić information content (AvgIpc) is 3.33. The normalized spacial score (nSPS) is 22.6. The second kappa shape index (κ2) is 4.36. The van der Waals surface area contributed by atoms with Gasteiger partial charge in [-0.3, -0.25) is 0 Å². The largest absolute Gasteiger partial charge is 0.373 e. The molecule has 102 valence electrons. The van der Waals surface area contributed by atoms with Crippen molar-refractivity contribution in [2.45, 2.75) is 50.5 Å². The number of hydrogen-bond acceptors (Lipinski definition) is 4. The van der Waals surface area contributed by atoms with Gasteiger partial charge in [-0.25, -0.2) is 9.97 Å². The summed E-state index contributed by atoms with van der Waals surface area (Å²) < 4.78 is 0. The zero-order valence-corrected chi connectivity index (χ0v) is 11.5. The van der Waals surface area contributed by atoms with E-state index >= 15 is 0 Å². The molecule has 1 aromatic rings. The van der Waals surface area contributed by atoms with E-state index in [1.54, 1.807) is 0 Å². The van der Waals surface area contributed by atoms with Crippen LogP contribution in [0.2, 0.25) is 0 Å². The van der Waals surface area contributed by atoms with Crippen molar-refractivity contribution in [2.24, 2.45) is 11.8 Å². The fourth-order valence-electron chi connectivity index (χ4n) is 2.89. The standard InChI is InChI=1S/C15H22N4/c1-16-12-8-13(19-15(18-12)11-6-7-11)17-14(9-2-3-9)10-4-5-10/h8-11,14H,2-7H2,1H3,(H2,16,17,18,19). The molecule has 3 aliphatic carbocycles. The highest BCUT2D eigenvalue weighted by molar-refractivity contribution is 5.49. The molecular formula is C15H22N4. The molecule has 0 radical (unpaired) electrons. The van der Waals surface area contributed by atoms with Crippen LogP contribution in [0.25, 0.3) is 0 Å². The van der Waals surface area contributed by atoms with Crippen LogP contribution in [0, 0.1) is 11.8 Å². The minimum absolute atomic E-state index is 0.606. The minimum Gasteiger partial charge on any atom is -0.373 e. The summed E-state index contributed by atoms with van der Waals surface area (Å²) in [6, 6.07) is 2.72. The van der Waals surface area contributed by atoms with Crippen LogP contribution >= 0.6 is 0 Å². The second-order valence-electron chi connectivity index (χ2n) is 6.37. The van der Waals surface area contributed by atoms with Crippen LogP contribution in [0.15, 0.2) is 6.07 Å². The monoisotopic (exact) mass is 258 g/mol. The molecule has 4 nitrogen and oxygen atoms in total. The molecule has 3 saturated carbocycles. The number of aromatic nitrogens is 2. The third-order valence-corrected chi connectivity index (χ3v) is 4.52. The zero-order chi connectivity index (χ0) is 12.8. The third-order valence-electron chi connectivity index (χ3n) is 4.52. The first-order valence-corrected chi connectivity index (χ1v) is 7.67. The highest BCUT2D eigenvalue weighted by Crippen LogP contribution is 2.46. The predicted octanol–water partition coefficient (Wildman–Crippen LogP) is 3.00. The number of rotatable bonds is 6. The Morgan fingerprint density at radius 3 is 2.16 bits per heavy atom. The maximum absolute atomic E-state index is 4.74. The number of nitrogens with one attached hydrogen (secondary N) is 2. The molecule has 1 aromatic heterocycles. The van der Waals surface area contributed by atoms with E-state index in [1.807, 2.05) is 7.05 Å². The molecule has 3 fully saturated rings. The Morgan fingerprint density at radius 1 is 1.00 bits per heavy atom. The van der Waals surface area contributed by atoms with Crippen molar-refractivity contribution in [1.82, 2.24) is 9.97 Å². The molecule has 0 amide bonds. The summed E-state index contributed by atoms with van der Waals surface area (Å²) in [6.07, 6.45) is 8.09. The Kier molecular flexibility index (Phi) is 2.64. The summed E-state index contributed by atoms with van der Waals surface area (Å²) in [5.74, 6) is 5.40. The predicted molar refractivity (Wildman–Crippen MR) is 76.4 cm³/mol. The molecule has 0 saturated heterocycles. The van der Waals surface area contributed by atoms with E-state index < -0.39 is 0 Å². The van der Waals surface area contributed by atoms with Crippen LogP contribution in [0.5, 0.6) is 0 Å². The highest BCUT2D eigenvalue weighted by Gasteiger charge is 2.41. The number of anilines is 2. The first kappa shape index (κ1) is 11.5. The van der Waals surface area contributed by atoms with E-state index in [9.17, 15) is 0 Å². The van der Waals surface area contributed by atoms with Crippen LogP contribution in [0.3, 0.4) is 0 Å². The van der Waals surface area contributed by atoms with E-state index in [0.29, 0.717) is 12.0 Å². The first-order valence-electron chi connectivity index (χ1n) is 7.67. The van der Waals surface area contributed by atoms with Gasteiger partial charge in [-0.1, -0.05) is 0 Å². The van der Waals surface area contributed by atoms with E-state index in [0.717, 1.165) is 29.3 Å². The van der Waals surface area contributed by atoms with E-state index in [2.05, 4.69) is 21.7 Å². The Balaban J connectivity index is 1.56. The lowest BCUT2D eigenvalue weighted by molar-refractivity contribution is 0.565. The molecule has 0 unspecified atom stereocenters. The smallest absolute Gasteiger partial charge is 0.136 e. The minimum atomic E-state index is 0.606. The summed E-state index contributed by atoms with van der Waals surface area (Å²) in [5.41, 5.74) is 0. The third kappa shape index (κ3) is 2.53. The molecular weight excluding hydrogens is 236 g/mol. The van der Waals surface area contributed by atoms with Crippen LogP contribution < -0.4 is 10.6 Å². The van der Waals surface area contributed by atoms with Crippen LogP contribution in [-0.4, -0.2) is 23.1 Å². The van der Waals surface area contributed by atoms with Crippen LogP contribution in [-0.2, 0) is 0 Å². The van der Waals surface area contributed by atoms with Gasteiger partial charge >= 0.3 is 0 Å². The van der Waals surface area contributed by atoms with Gasteiger partial charge in [0.25, 0.3) is 0 Å². The lowest BCUT2D eigenvalue weighted by atomic mass is 10.1. The second-order valence-corrected chi connectivity index (χ2v) is 6.37. The molecule has 3 aliphatic rings. The van der Waals surface area contributed by atoms with Gasteiger partial charge in [0.1, 0.15) is 17.5 Å². The fourth-order valence-corrected chi connectivity index (χ4v) is 2.89. The topological polar surface area (TPSA) is 49.8 Å². The molecule has 2 N–H and O–H groups in total. The SMILES string of the molecule is CNc1cc(NC(C2CC2)C2CC2)nc(C2CC2)n1. The van der Waals surface area contributed by atoms with E-state index in [4.69, 9.17) is 4.98 Å². The van der Waals surface area contributed by atoms with Crippen molar-refractivity contribution in [2.75, 3.05) is 17.7 Å². The van der Waals surface area contributed by atoms with Crippen molar-refractivity contribution in [3.63, 3.8) is 0 Å². The molecule has 0 bridgehead atoms. The molecule has 0 atom stereocenters. The fraction of sp³-hybridized carbons (Fsp3) is 0.733. The van der Waals surface area contributed by atoms with Gasteiger partial charge in [0.2, 0.25) is 0 Å². The summed E-state index contributed by atoms with van der Waals surface area (Å²) in [5, 5.41) is 6.87. The van der Waals surface area contributed by atoms with Gasteiger partial charge in [0.15, 0.2) is 0 Å². The molecule has 0 aromatic carbocycles. The van der Waals surface area contributed by atoms with Crippen molar-refractivity contribution in [1.29, 1.82) is 0 Å². The van der Waals surface area contributed by atoms with Gasteiger partial charge < -0.3 is 10.6 Å². The van der Waals surface area contributed by atoms with E-state index in [1.165, 1.54) is 38.5 Å². The lowest BCUT2D eigenvalue weighted by Crippen LogP contribution is -2.25. The van der Waals surface area contributed by atoms with Gasteiger partial charge in [-0.05, 0) is 50.4 Å². The average molecular weight is 258 g/mol. The van der Waals surface area contributed by atoms with E-state index in [-0.39, 0.29) is 0 Å². The van der Waals surface area contributed by atoms with Crippen LogP contribution in [0.4, 0.5) is 11.6 Å². The van der Waals surface area contributed by atoms with Crippen molar-refractivity contribution in [3.05, 3.63) is 11.9 Å². The van der Waals surface area contributed by atoms with Crippen LogP contribution in [0.1, 0.15) is 50.3 Å². The number of nitrogens with zero attached hydrogens (tertiary/aromatic N) is 2. The molecule has 4 rings (SSSR count). The molecule has 4 heteroatoms. The maximum atomic E-state index is 4.74. The number of hydrogen-bond donors (Lipinski definition) is 2.